The number of likely N-dealkylation sites (N-methyl/N-ethyl adjacent to an activating group) is 1. The lowest BCUT2D eigenvalue weighted by Crippen LogP contribution is -2.30. The van der Waals surface area contributed by atoms with Gasteiger partial charge in [0.15, 0.2) is 5.76 Å². The maximum atomic E-state index is 12.5. The number of hydrogen-bond donors (Lipinski definition) is 2. The summed E-state index contributed by atoms with van der Waals surface area (Å²) in [5.74, 6) is -2.08. The number of alkyl halides is 3. The Kier molecular flexibility index (Phi) is 5.73. The van der Waals surface area contributed by atoms with Crippen molar-refractivity contribution in [2.24, 2.45) is 0 Å². The van der Waals surface area contributed by atoms with Gasteiger partial charge in [0, 0.05) is 7.05 Å². The van der Waals surface area contributed by atoms with Crippen LogP contribution >= 0.6 is 0 Å². The van der Waals surface area contributed by atoms with E-state index in [2.05, 4.69) is 10.1 Å². The molecule has 1 atom stereocenters. The van der Waals surface area contributed by atoms with Crippen LogP contribution in [0.25, 0.3) is 11.1 Å². The van der Waals surface area contributed by atoms with E-state index in [1.807, 2.05) is 0 Å². The standard InChI is InChI=1S/C21H19F3N2O4/c1-12(25-19(28)17-11-26(2)20(29)18(17)27)13-5-3-6-14(9-13)15-7-4-8-16(10-15)30-21(22,23)24/h3-10,12,27H,11H2,1-2H3,(H,25,28). The van der Waals surface area contributed by atoms with Crippen molar-refractivity contribution in [1.29, 1.82) is 0 Å². The van der Waals surface area contributed by atoms with Gasteiger partial charge in [-0.15, -0.1) is 13.2 Å². The number of nitrogens with one attached hydrogen (secondary N) is 1. The van der Waals surface area contributed by atoms with E-state index in [0.717, 1.165) is 0 Å². The Morgan fingerprint density at radius 3 is 2.40 bits per heavy atom. The van der Waals surface area contributed by atoms with Crippen molar-refractivity contribution in [3.05, 3.63) is 65.4 Å². The van der Waals surface area contributed by atoms with Crippen LogP contribution in [0.1, 0.15) is 18.5 Å². The molecule has 0 saturated heterocycles. The summed E-state index contributed by atoms with van der Waals surface area (Å²) in [6, 6.07) is 12.0. The van der Waals surface area contributed by atoms with E-state index in [1.165, 1.54) is 30.1 Å². The zero-order chi connectivity index (χ0) is 22.1. The van der Waals surface area contributed by atoms with E-state index in [-0.39, 0.29) is 17.9 Å². The molecule has 2 aromatic rings. The maximum Gasteiger partial charge on any atom is 0.573 e. The summed E-state index contributed by atoms with van der Waals surface area (Å²) >= 11 is 0. The molecule has 0 radical (unpaired) electrons. The van der Waals surface area contributed by atoms with Crippen molar-refractivity contribution in [2.45, 2.75) is 19.3 Å². The van der Waals surface area contributed by atoms with Gasteiger partial charge < -0.3 is 20.1 Å². The van der Waals surface area contributed by atoms with Crippen molar-refractivity contribution in [3.8, 4) is 16.9 Å². The van der Waals surface area contributed by atoms with E-state index in [9.17, 15) is 27.9 Å². The highest BCUT2D eigenvalue weighted by Gasteiger charge is 2.32. The predicted octanol–water partition coefficient (Wildman–Crippen LogP) is 3.71. The quantitative estimate of drug-likeness (QED) is 0.773. The van der Waals surface area contributed by atoms with E-state index in [4.69, 9.17) is 0 Å². The molecule has 1 heterocycles. The smallest absolute Gasteiger partial charge is 0.503 e. The van der Waals surface area contributed by atoms with Gasteiger partial charge in [0.2, 0.25) is 0 Å². The number of ether oxygens (including phenoxy) is 1. The average Bonchev–Trinajstić information content (AvgIpc) is 2.94. The number of halogens is 3. The normalized spacial score (nSPS) is 15.4. The number of hydrogen-bond acceptors (Lipinski definition) is 4. The lowest BCUT2D eigenvalue weighted by Gasteiger charge is -2.16. The van der Waals surface area contributed by atoms with Crippen LogP contribution in [0.5, 0.6) is 5.75 Å². The molecule has 158 valence electrons. The summed E-state index contributed by atoms with van der Waals surface area (Å²) in [5.41, 5.74) is 1.84. The zero-order valence-electron chi connectivity index (χ0n) is 16.2. The van der Waals surface area contributed by atoms with Gasteiger partial charge in [-0.2, -0.15) is 0 Å². The minimum atomic E-state index is -4.78. The van der Waals surface area contributed by atoms with Crippen molar-refractivity contribution >= 4 is 11.8 Å². The molecular weight excluding hydrogens is 401 g/mol. The second kappa shape index (κ2) is 8.10. The van der Waals surface area contributed by atoms with Crippen LogP contribution in [0.2, 0.25) is 0 Å². The Bertz CT molecular complexity index is 1020. The number of benzene rings is 2. The van der Waals surface area contributed by atoms with Gasteiger partial charge in [0.05, 0.1) is 18.2 Å². The first-order chi connectivity index (χ1) is 14.0. The average molecular weight is 420 g/mol. The largest absolute Gasteiger partial charge is 0.573 e. The summed E-state index contributed by atoms with van der Waals surface area (Å²) in [7, 11) is 1.47. The first-order valence-electron chi connectivity index (χ1n) is 9.00. The molecule has 9 heteroatoms. The molecule has 30 heavy (non-hydrogen) atoms. The van der Waals surface area contributed by atoms with E-state index in [1.54, 1.807) is 37.3 Å². The number of nitrogens with zero attached hydrogens (tertiary/aromatic N) is 1. The van der Waals surface area contributed by atoms with Crippen LogP contribution in [-0.2, 0) is 9.59 Å². The molecule has 0 aliphatic carbocycles. The third-order valence-corrected chi connectivity index (χ3v) is 4.64. The molecule has 0 fully saturated rings. The summed E-state index contributed by atoms with van der Waals surface area (Å²) < 4.78 is 41.4. The highest BCUT2D eigenvalue weighted by atomic mass is 19.4. The summed E-state index contributed by atoms with van der Waals surface area (Å²) in [4.78, 5) is 25.3. The summed E-state index contributed by atoms with van der Waals surface area (Å²) in [6.45, 7) is 1.73. The predicted molar refractivity (Wildman–Crippen MR) is 102 cm³/mol. The van der Waals surface area contributed by atoms with Gasteiger partial charge in [0.25, 0.3) is 11.8 Å². The first-order valence-corrected chi connectivity index (χ1v) is 9.00. The number of amides is 2. The van der Waals surface area contributed by atoms with Crippen molar-refractivity contribution in [1.82, 2.24) is 10.2 Å². The number of aliphatic hydroxyl groups is 1. The van der Waals surface area contributed by atoms with Gasteiger partial charge in [-0.05, 0) is 41.8 Å². The van der Waals surface area contributed by atoms with Crippen LogP contribution in [-0.4, -0.2) is 41.8 Å². The Labute approximate surface area is 170 Å². The van der Waals surface area contributed by atoms with Crippen LogP contribution < -0.4 is 10.1 Å². The fourth-order valence-electron chi connectivity index (χ4n) is 3.10. The SMILES string of the molecule is CC(NC(=O)C1=C(O)C(=O)N(C)C1)c1cccc(-c2cccc(OC(F)(F)F)c2)c1. The van der Waals surface area contributed by atoms with Gasteiger partial charge in [-0.1, -0.05) is 30.3 Å². The van der Waals surface area contributed by atoms with Crippen LogP contribution in [0.3, 0.4) is 0 Å². The van der Waals surface area contributed by atoms with Crippen LogP contribution in [0.15, 0.2) is 59.9 Å². The molecule has 3 rings (SSSR count). The molecular formula is C21H19F3N2O4. The highest BCUT2D eigenvalue weighted by molar-refractivity contribution is 6.06. The second-order valence-electron chi connectivity index (χ2n) is 6.88. The molecule has 2 amide bonds. The van der Waals surface area contributed by atoms with E-state index in [0.29, 0.717) is 16.7 Å². The Morgan fingerprint density at radius 1 is 1.17 bits per heavy atom. The number of carbonyl (C=O) groups is 2. The van der Waals surface area contributed by atoms with Crippen molar-refractivity contribution < 1.29 is 32.6 Å². The molecule has 2 aromatic carbocycles. The number of carbonyl (C=O) groups excluding carboxylic acids is 2. The Balaban J connectivity index is 1.78. The molecule has 6 nitrogen and oxygen atoms in total. The molecule has 1 unspecified atom stereocenters. The number of aliphatic hydroxyl groups excluding tert-OH is 1. The van der Waals surface area contributed by atoms with Gasteiger partial charge in [0.1, 0.15) is 5.75 Å². The minimum Gasteiger partial charge on any atom is -0.503 e. The molecule has 0 aromatic heterocycles. The minimum absolute atomic E-state index is 0.00918. The highest BCUT2D eigenvalue weighted by Crippen LogP contribution is 2.29. The van der Waals surface area contributed by atoms with Gasteiger partial charge >= 0.3 is 6.36 Å². The fourth-order valence-corrected chi connectivity index (χ4v) is 3.10. The van der Waals surface area contributed by atoms with E-state index < -0.39 is 30.0 Å². The van der Waals surface area contributed by atoms with Crippen LogP contribution in [0.4, 0.5) is 13.2 Å². The molecule has 1 aliphatic rings. The second-order valence-corrected chi connectivity index (χ2v) is 6.88. The maximum absolute atomic E-state index is 12.5. The molecule has 0 saturated carbocycles. The van der Waals surface area contributed by atoms with Crippen molar-refractivity contribution in [3.63, 3.8) is 0 Å². The fraction of sp³-hybridized carbons (Fsp3) is 0.238. The zero-order valence-corrected chi connectivity index (χ0v) is 16.2. The Hall–Kier alpha value is -3.49. The molecule has 0 spiro atoms. The third-order valence-electron chi connectivity index (χ3n) is 4.64. The third kappa shape index (κ3) is 4.73. The first kappa shape index (κ1) is 21.2. The molecule has 1 aliphatic heterocycles. The lowest BCUT2D eigenvalue weighted by atomic mass is 9.99. The van der Waals surface area contributed by atoms with Gasteiger partial charge in [-0.25, -0.2) is 0 Å². The molecule has 0 bridgehead atoms. The lowest BCUT2D eigenvalue weighted by molar-refractivity contribution is -0.274. The van der Waals surface area contributed by atoms with E-state index >= 15 is 0 Å². The number of rotatable bonds is 5. The summed E-state index contributed by atoms with van der Waals surface area (Å²) in [5, 5.41) is 12.5. The topological polar surface area (TPSA) is 78.9 Å². The monoisotopic (exact) mass is 420 g/mol. The van der Waals surface area contributed by atoms with Gasteiger partial charge in [-0.3, -0.25) is 9.59 Å². The molecule has 2 N–H and O–H groups in total. The van der Waals surface area contributed by atoms with Crippen molar-refractivity contribution in [2.75, 3.05) is 13.6 Å². The Morgan fingerprint density at radius 2 is 1.80 bits per heavy atom. The van der Waals surface area contributed by atoms with Crippen LogP contribution in [0, 0.1) is 0 Å². The summed E-state index contributed by atoms with van der Waals surface area (Å²) in [6.07, 6.45) is -4.78.